The summed E-state index contributed by atoms with van der Waals surface area (Å²) in [7, 11) is 0. The molecule has 0 spiro atoms. The molecule has 0 aromatic heterocycles. The molecule has 0 saturated carbocycles. The molecule has 0 aliphatic carbocycles. The van der Waals surface area contributed by atoms with Gasteiger partial charge in [-0.15, -0.1) is 0 Å². The van der Waals surface area contributed by atoms with E-state index in [1.807, 2.05) is 13.0 Å². The molecule has 0 heterocycles. The van der Waals surface area contributed by atoms with Crippen LogP contribution in [0, 0.1) is 0 Å². The second-order valence-corrected chi connectivity index (χ2v) is 4.79. The van der Waals surface area contributed by atoms with Crippen LogP contribution >= 0.6 is 0 Å². The molecule has 1 unspecified atom stereocenters. The summed E-state index contributed by atoms with van der Waals surface area (Å²) in [6.07, 6.45) is 2.59. The molecule has 0 N–H and O–H groups in total. The summed E-state index contributed by atoms with van der Waals surface area (Å²) in [5.74, 6) is 1.64. The van der Waals surface area contributed by atoms with E-state index >= 15 is 0 Å². The van der Waals surface area contributed by atoms with Crippen LogP contribution in [0.4, 0.5) is 0 Å². The van der Waals surface area contributed by atoms with Gasteiger partial charge in [0.15, 0.2) is 0 Å². The summed E-state index contributed by atoms with van der Waals surface area (Å²) in [5, 5.41) is 0. The van der Waals surface area contributed by atoms with Gasteiger partial charge in [0, 0.05) is 6.42 Å². The molecule has 1 aromatic rings. The van der Waals surface area contributed by atoms with Crippen molar-refractivity contribution >= 4 is 5.78 Å². The van der Waals surface area contributed by atoms with Gasteiger partial charge in [-0.2, -0.15) is 0 Å². The van der Waals surface area contributed by atoms with Crippen LogP contribution in [0.25, 0.3) is 0 Å². The smallest absolute Gasteiger partial charge is 0.129 e. The summed E-state index contributed by atoms with van der Waals surface area (Å²) in [6, 6.07) is 6.31. The van der Waals surface area contributed by atoms with E-state index < -0.39 is 0 Å². The van der Waals surface area contributed by atoms with Crippen LogP contribution in [0.15, 0.2) is 18.2 Å². The molecule has 100 valence electrons. The van der Waals surface area contributed by atoms with Gasteiger partial charge >= 0.3 is 0 Å². The standard InChI is InChI=1S/C16H24O2/c1-5-14-11-15(18-6-2)9-10-16(14)12(3)7-8-13(4)17/h9-12H,5-8H2,1-4H3. The van der Waals surface area contributed by atoms with Gasteiger partial charge in [0.2, 0.25) is 0 Å². The number of hydrogen-bond acceptors (Lipinski definition) is 2. The minimum atomic E-state index is 0.269. The first-order valence-electron chi connectivity index (χ1n) is 6.83. The Kier molecular flexibility index (Phi) is 5.90. The van der Waals surface area contributed by atoms with E-state index in [1.165, 1.54) is 11.1 Å². The topological polar surface area (TPSA) is 26.3 Å². The van der Waals surface area contributed by atoms with Gasteiger partial charge in [-0.3, -0.25) is 0 Å². The second kappa shape index (κ2) is 7.20. The van der Waals surface area contributed by atoms with Crippen molar-refractivity contribution in [2.45, 2.75) is 52.9 Å². The van der Waals surface area contributed by atoms with Crippen molar-refractivity contribution in [1.29, 1.82) is 0 Å². The molecule has 0 aliphatic rings. The summed E-state index contributed by atoms with van der Waals surface area (Å²) >= 11 is 0. The number of Topliss-reactive ketones (excluding diaryl/α,β-unsaturated/α-hetero) is 1. The summed E-state index contributed by atoms with van der Waals surface area (Å²) in [6.45, 7) is 8.70. The lowest BCUT2D eigenvalue weighted by Crippen LogP contribution is -2.02. The third kappa shape index (κ3) is 4.17. The van der Waals surface area contributed by atoms with Crippen molar-refractivity contribution in [3.05, 3.63) is 29.3 Å². The van der Waals surface area contributed by atoms with E-state index in [2.05, 4.69) is 26.0 Å². The largest absolute Gasteiger partial charge is 0.494 e. The number of carbonyl (C=O) groups excluding carboxylic acids is 1. The average Bonchev–Trinajstić information content (AvgIpc) is 2.36. The molecule has 0 saturated heterocycles. The van der Waals surface area contributed by atoms with Crippen molar-refractivity contribution < 1.29 is 9.53 Å². The fourth-order valence-corrected chi connectivity index (χ4v) is 2.20. The highest BCUT2D eigenvalue weighted by Crippen LogP contribution is 2.28. The van der Waals surface area contributed by atoms with Crippen molar-refractivity contribution in [3.63, 3.8) is 0 Å². The number of benzene rings is 1. The fraction of sp³-hybridized carbons (Fsp3) is 0.562. The Morgan fingerprint density at radius 3 is 2.61 bits per heavy atom. The third-order valence-electron chi connectivity index (χ3n) is 3.27. The molecule has 18 heavy (non-hydrogen) atoms. The molecule has 1 rings (SSSR count). The van der Waals surface area contributed by atoms with Gasteiger partial charge in [0.25, 0.3) is 0 Å². The van der Waals surface area contributed by atoms with E-state index in [-0.39, 0.29) is 5.78 Å². The molecule has 0 radical (unpaired) electrons. The van der Waals surface area contributed by atoms with Crippen LogP contribution in [-0.2, 0) is 11.2 Å². The monoisotopic (exact) mass is 248 g/mol. The van der Waals surface area contributed by atoms with Crippen LogP contribution in [-0.4, -0.2) is 12.4 Å². The highest BCUT2D eigenvalue weighted by Gasteiger charge is 2.11. The predicted molar refractivity (Wildman–Crippen MR) is 75.3 cm³/mol. The van der Waals surface area contributed by atoms with Crippen LogP contribution in [0.5, 0.6) is 5.75 Å². The van der Waals surface area contributed by atoms with Gasteiger partial charge in [-0.1, -0.05) is 19.9 Å². The van der Waals surface area contributed by atoms with E-state index in [1.54, 1.807) is 6.92 Å². The van der Waals surface area contributed by atoms with Crippen molar-refractivity contribution in [2.24, 2.45) is 0 Å². The van der Waals surface area contributed by atoms with Crippen molar-refractivity contribution in [1.82, 2.24) is 0 Å². The van der Waals surface area contributed by atoms with Crippen molar-refractivity contribution in [2.75, 3.05) is 6.61 Å². The van der Waals surface area contributed by atoms with Crippen LogP contribution in [0.1, 0.15) is 57.6 Å². The zero-order chi connectivity index (χ0) is 13.5. The predicted octanol–water partition coefficient (Wildman–Crippen LogP) is 4.12. The molecule has 1 aromatic carbocycles. The summed E-state index contributed by atoms with van der Waals surface area (Å²) in [4.78, 5) is 11.1. The lowest BCUT2D eigenvalue weighted by Gasteiger charge is -2.16. The molecule has 0 amide bonds. The molecule has 0 fully saturated rings. The van der Waals surface area contributed by atoms with Gasteiger partial charge in [-0.05, 0) is 55.9 Å². The summed E-state index contributed by atoms with van der Waals surface area (Å²) in [5.41, 5.74) is 2.68. The zero-order valence-electron chi connectivity index (χ0n) is 12.0. The SMILES string of the molecule is CCOc1ccc(C(C)CCC(C)=O)c(CC)c1. The minimum absolute atomic E-state index is 0.269. The number of ether oxygens (including phenoxy) is 1. The van der Waals surface area contributed by atoms with Crippen LogP contribution in [0.2, 0.25) is 0 Å². The number of aryl methyl sites for hydroxylation is 1. The lowest BCUT2D eigenvalue weighted by atomic mass is 9.90. The first-order valence-corrected chi connectivity index (χ1v) is 6.83. The maximum Gasteiger partial charge on any atom is 0.129 e. The van der Waals surface area contributed by atoms with Crippen molar-refractivity contribution in [3.8, 4) is 5.75 Å². The molecular weight excluding hydrogens is 224 g/mol. The Balaban J connectivity index is 2.83. The van der Waals surface area contributed by atoms with Crippen LogP contribution in [0.3, 0.4) is 0 Å². The third-order valence-corrected chi connectivity index (χ3v) is 3.27. The molecular formula is C16H24O2. The van der Waals surface area contributed by atoms with E-state index in [0.29, 0.717) is 18.9 Å². The average molecular weight is 248 g/mol. The molecule has 0 aliphatic heterocycles. The highest BCUT2D eigenvalue weighted by atomic mass is 16.5. The second-order valence-electron chi connectivity index (χ2n) is 4.79. The molecule has 1 atom stereocenters. The van der Waals surface area contributed by atoms with E-state index in [4.69, 9.17) is 4.74 Å². The summed E-state index contributed by atoms with van der Waals surface area (Å²) < 4.78 is 5.53. The Morgan fingerprint density at radius 2 is 2.06 bits per heavy atom. The number of carbonyl (C=O) groups is 1. The number of ketones is 1. The first-order chi connectivity index (χ1) is 8.58. The Labute approximate surface area is 110 Å². The fourth-order valence-electron chi connectivity index (χ4n) is 2.20. The number of hydrogen-bond donors (Lipinski definition) is 0. The quantitative estimate of drug-likeness (QED) is 0.725. The zero-order valence-corrected chi connectivity index (χ0v) is 12.0. The first kappa shape index (κ1) is 14.7. The maximum absolute atomic E-state index is 11.1. The van der Waals surface area contributed by atoms with E-state index in [9.17, 15) is 4.79 Å². The molecule has 2 heteroatoms. The normalized spacial score (nSPS) is 12.2. The van der Waals surface area contributed by atoms with Gasteiger partial charge in [0.05, 0.1) is 6.61 Å². The van der Waals surface area contributed by atoms with Gasteiger partial charge in [0.1, 0.15) is 11.5 Å². The van der Waals surface area contributed by atoms with E-state index in [0.717, 1.165) is 18.6 Å². The Morgan fingerprint density at radius 1 is 1.33 bits per heavy atom. The molecule has 2 nitrogen and oxygen atoms in total. The lowest BCUT2D eigenvalue weighted by molar-refractivity contribution is -0.117. The molecule has 0 bridgehead atoms. The van der Waals surface area contributed by atoms with Crippen LogP contribution < -0.4 is 4.74 Å². The van der Waals surface area contributed by atoms with Gasteiger partial charge < -0.3 is 9.53 Å². The maximum atomic E-state index is 11.1. The minimum Gasteiger partial charge on any atom is -0.494 e. The highest BCUT2D eigenvalue weighted by molar-refractivity contribution is 5.75. The van der Waals surface area contributed by atoms with Gasteiger partial charge in [-0.25, -0.2) is 0 Å². The number of rotatable bonds is 7. The Bertz CT molecular complexity index is 396. The Hall–Kier alpha value is -1.31.